The van der Waals surface area contributed by atoms with E-state index in [9.17, 15) is 14.4 Å². The molecule has 4 amide bonds. The van der Waals surface area contributed by atoms with Crippen LogP contribution in [0.3, 0.4) is 0 Å². The van der Waals surface area contributed by atoms with Crippen molar-refractivity contribution in [3.63, 3.8) is 0 Å². The summed E-state index contributed by atoms with van der Waals surface area (Å²) in [6.07, 6.45) is 3.95. The predicted molar refractivity (Wildman–Crippen MR) is 56.1 cm³/mol. The Morgan fingerprint density at radius 3 is 2.00 bits per heavy atom. The van der Waals surface area contributed by atoms with Crippen LogP contribution < -0.4 is 22.1 Å². The van der Waals surface area contributed by atoms with E-state index in [1.54, 1.807) is 0 Å². The molecule has 1 fully saturated rings. The molecule has 1 aliphatic rings. The minimum atomic E-state index is -1.46. The third-order valence-electron chi connectivity index (χ3n) is 2.53. The Morgan fingerprint density at radius 2 is 1.56 bits per heavy atom. The minimum Gasteiger partial charge on any atom is -0.367 e. The molecular weight excluding hydrogens is 212 g/mol. The van der Waals surface area contributed by atoms with Crippen LogP contribution in [-0.4, -0.2) is 29.9 Å². The predicted octanol–water partition coefficient (Wildman–Crippen LogP) is -1.43. The van der Waals surface area contributed by atoms with Crippen LogP contribution in [0.1, 0.15) is 25.7 Å². The van der Waals surface area contributed by atoms with Gasteiger partial charge in [0, 0.05) is 6.04 Å². The largest absolute Gasteiger partial charge is 0.367 e. The molecule has 0 heterocycles. The molecule has 1 saturated carbocycles. The molecule has 90 valence electrons. The van der Waals surface area contributed by atoms with Gasteiger partial charge in [-0.15, -0.1) is 0 Å². The van der Waals surface area contributed by atoms with Crippen LogP contribution in [0.4, 0.5) is 4.79 Å². The second-order valence-electron chi connectivity index (χ2n) is 3.84. The van der Waals surface area contributed by atoms with Gasteiger partial charge in [-0.1, -0.05) is 12.8 Å². The fourth-order valence-electron chi connectivity index (χ4n) is 1.71. The van der Waals surface area contributed by atoms with Crippen molar-refractivity contribution in [2.75, 3.05) is 0 Å². The van der Waals surface area contributed by atoms with Gasteiger partial charge in [-0.05, 0) is 12.8 Å². The Labute approximate surface area is 92.9 Å². The number of amides is 4. The summed E-state index contributed by atoms with van der Waals surface area (Å²) in [6, 6.07) is -1.95. The molecule has 0 aromatic heterocycles. The van der Waals surface area contributed by atoms with E-state index in [4.69, 9.17) is 11.5 Å². The fraction of sp³-hybridized carbons (Fsp3) is 0.667. The molecule has 1 aliphatic carbocycles. The first-order chi connectivity index (χ1) is 7.50. The molecular formula is C9H16N4O3. The van der Waals surface area contributed by atoms with Crippen molar-refractivity contribution in [1.82, 2.24) is 10.6 Å². The minimum absolute atomic E-state index is 0.0985. The van der Waals surface area contributed by atoms with Crippen LogP contribution in [-0.2, 0) is 9.59 Å². The molecule has 1 rings (SSSR count). The van der Waals surface area contributed by atoms with Crippen LogP contribution in [0.25, 0.3) is 0 Å². The van der Waals surface area contributed by atoms with Gasteiger partial charge >= 0.3 is 6.03 Å². The number of hydrogen-bond acceptors (Lipinski definition) is 3. The van der Waals surface area contributed by atoms with Crippen molar-refractivity contribution in [2.45, 2.75) is 37.8 Å². The van der Waals surface area contributed by atoms with Crippen LogP contribution >= 0.6 is 0 Å². The van der Waals surface area contributed by atoms with Gasteiger partial charge < -0.3 is 22.1 Å². The first-order valence-electron chi connectivity index (χ1n) is 5.16. The normalized spacial score (nSPS) is 16.1. The summed E-state index contributed by atoms with van der Waals surface area (Å²) in [6.45, 7) is 0. The monoisotopic (exact) mass is 228 g/mol. The highest BCUT2D eigenvalue weighted by Crippen LogP contribution is 2.17. The van der Waals surface area contributed by atoms with Gasteiger partial charge in [0.25, 0.3) is 0 Å². The first kappa shape index (κ1) is 12.3. The van der Waals surface area contributed by atoms with E-state index in [1.165, 1.54) is 0 Å². The summed E-state index contributed by atoms with van der Waals surface area (Å²) in [5.74, 6) is -1.93. The van der Waals surface area contributed by atoms with Crippen molar-refractivity contribution < 1.29 is 14.4 Å². The summed E-state index contributed by atoms with van der Waals surface area (Å²) in [7, 11) is 0. The van der Waals surface area contributed by atoms with E-state index in [0.29, 0.717) is 0 Å². The van der Waals surface area contributed by atoms with Gasteiger partial charge in [0.2, 0.25) is 11.8 Å². The number of rotatable bonds is 4. The molecule has 0 bridgehead atoms. The molecule has 7 heteroatoms. The van der Waals surface area contributed by atoms with E-state index in [0.717, 1.165) is 25.7 Å². The summed E-state index contributed by atoms with van der Waals surface area (Å²) >= 11 is 0. The van der Waals surface area contributed by atoms with E-state index >= 15 is 0 Å². The quantitative estimate of drug-likeness (QED) is 0.440. The Kier molecular flexibility index (Phi) is 4.10. The van der Waals surface area contributed by atoms with E-state index < -0.39 is 23.9 Å². The van der Waals surface area contributed by atoms with Crippen molar-refractivity contribution in [2.24, 2.45) is 11.5 Å². The highest BCUT2D eigenvalue weighted by atomic mass is 16.2. The Bertz CT molecular complexity index is 285. The summed E-state index contributed by atoms with van der Waals surface area (Å²) in [5.41, 5.74) is 9.82. The van der Waals surface area contributed by atoms with Crippen LogP contribution in [0.2, 0.25) is 0 Å². The molecule has 0 radical (unpaired) electrons. The third kappa shape index (κ3) is 3.41. The van der Waals surface area contributed by atoms with Crippen molar-refractivity contribution in [3.8, 4) is 0 Å². The molecule has 6 N–H and O–H groups in total. The smallest absolute Gasteiger partial charge is 0.316 e. The van der Waals surface area contributed by atoms with Gasteiger partial charge in [0.1, 0.15) is 0 Å². The lowest BCUT2D eigenvalue weighted by atomic mass is 10.2. The molecule has 0 spiro atoms. The average molecular weight is 228 g/mol. The highest BCUT2D eigenvalue weighted by Gasteiger charge is 2.25. The molecule has 16 heavy (non-hydrogen) atoms. The van der Waals surface area contributed by atoms with Gasteiger partial charge in [0.15, 0.2) is 6.04 Å². The highest BCUT2D eigenvalue weighted by molar-refractivity contribution is 6.05. The van der Waals surface area contributed by atoms with E-state index in [2.05, 4.69) is 10.6 Å². The topological polar surface area (TPSA) is 127 Å². The number of primary amides is 2. The molecule has 0 unspecified atom stereocenters. The third-order valence-corrected chi connectivity index (χ3v) is 2.53. The van der Waals surface area contributed by atoms with E-state index in [-0.39, 0.29) is 6.04 Å². The Morgan fingerprint density at radius 1 is 1.06 bits per heavy atom. The zero-order valence-corrected chi connectivity index (χ0v) is 8.86. The van der Waals surface area contributed by atoms with Gasteiger partial charge in [-0.2, -0.15) is 0 Å². The summed E-state index contributed by atoms with van der Waals surface area (Å²) in [5, 5.41) is 4.80. The molecule has 0 saturated heterocycles. The van der Waals surface area contributed by atoms with Crippen molar-refractivity contribution in [3.05, 3.63) is 0 Å². The second-order valence-corrected chi connectivity index (χ2v) is 3.84. The van der Waals surface area contributed by atoms with Crippen molar-refractivity contribution >= 4 is 17.8 Å². The van der Waals surface area contributed by atoms with Crippen LogP contribution in [0, 0.1) is 0 Å². The van der Waals surface area contributed by atoms with Gasteiger partial charge in [-0.3, -0.25) is 9.59 Å². The van der Waals surface area contributed by atoms with Crippen LogP contribution in [0.15, 0.2) is 0 Å². The molecule has 0 atom stereocenters. The number of nitrogens with one attached hydrogen (secondary N) is 2. The number of urea groups is 1. The lowest BCUT2D eigenvalue weighted by Gasteiger charge is -2.16. The Balaban J connectivity index is 2.41. The molecule has 0 aromatic rings. The standard InChI is InChI=1S/C9H16N4O3/c10-7(14)6(8(11)15)13-9(16)12-5-3-1-2-4-5/h5-6H,1-4H2,(H2,10,14)(H2,11,15)(H2,12,13,16). The zero-order valence-electron chi connectivity index (χ0n) is 8.86. The molecule has 0 aromatic carbocycles. The van der Waals surface area contributed by atoms with E-state index in [1.807, 2.05) is 0 Å². The van der Waals surface area contributed by atoms with Gasteiger partial charge in [0.05, 0.1) is 0 Å². The van der Waals surface area contributed by atoms with Gasteiger partial charge in [-0.25, -0.2) is 4.79 Å². The summed E-state index contributed by atoms with van der Waals surface area (Å²) < 4.78 is 0. The number of hydrogen-bond donors (Lipinski definition) is 4. The lowest BCUT2D eigenvalue weighted by Crippen LogP contribution is -2.55. The lowest BCUT2D eigenvalue weighted by molar-refractivity contribution is -0.128. The SMILES string of the molecule is NC(=O)C(NC(=O)NC1CCCC1)C(N)=O. The average Bonchev–Trinajstić information content (AvgIpc) is 2.65. The molecule has 0 aliphatic heterocycles. The number of carbonyl (C=O) groups excluding carboxylic acids is 3. The maximum Gasteiger partial charge on any atom is 0.316 e. The zero-order chi connectivity index (χ0) is 12.1. The number of nitrogens with two attached hydrogens (primary N) is 2. The Hall–Kier alpha value is -1.79. The maximum atomic E-state index is 11.4. The van der Waals surface area contributed by atoms with Crippen LogP contribution in [0.5, 0.6) is 0 Å². The number of carbonyl (C=O) groups is 3. The first-order valence-corrected chi connectivity index (χ1v) is 5.16. The fourth-order valence-corrected chi connectivity index (χ4v) is 1.71. The molecule has 7 nitrogen and oxygen atoms in total. The second kappa shape index (κ2) is 5.34. The maximum absolute atomic E-state index is 11.4. The van der Waals surface area contributed by atoms with Crippen molar-refractivity contribution in [1.29, 1.82) is 0 Å². The summed E-state index contributed by atoms with van der Waals surface area (Å²) in [4.78, 5) is 33.0.